The third kappa shape index (κ3) is 3.65. The van der Waals surface area contributed by atoms with Crippen LogP contribution in [0.2, 0.25) is 0 Å². The molecule has 0 aliphatic heterocycles. The van der Waals surface area contributed by atoms with Crippen LogP contribution >= 0.6 is 12.1 Å². The largest absolute Gasteiger partial charge is 0.256 e. The quantitative estimate of drug-likeness (QED) is 0.420. The molecule has 2 N–H and O–H groups in total. The Morgan fingerprint density at radius 3 is 2.67 bits per heavy atom. The fraction of sp³-hybridized carbons (Fsp3) is 0. The maximum atomic E-state index is 4.82. The van der Waals surface area contributed by atoms with E-state index in [-0.39, 0.29) is 0 Å². The molecular weight excluding hydrogens is 98.1 g/mol. The van der Waals surface area contributed by atoms with Crippen LogP contribution in [0.3, 0.4) is 0 Å². The molecule has 0 saturated carbocycles. The predicted molar refractivity (Wildman–Crippen MR) is 26.8 cm³/mol. The van der Waals surface area contributed by atoms with Crippen molar-refractivity contribution in [3.05, 3.63) is 12.8 Å². The van der Waals surface area contributed by atoms with Crippen molar-refractivity contribution in [2.75, 3.05) is 0 Å². The van der Waals surface area contributed by atoms with Crippen LogP contribution in [0.5, 0.6) is 0 Å². The summed E-state index contributed by atoms with van der Waals surface area (Å²) in [6.07, 6.45) is 1.32. The van der Waals surface area contributed by atoms with Crippen LogP contribution in [0, 0.1) is 0 Å². The lowest BCUT2D eigenvalue weighted by Crippen LogP contribution is -1.65. The molecular formula is C2H5N3S. The SMILES string of the molecule is C=CN=NSN. The van der Waals surface area contributed by atoms with Crippen molar-refractivity contribution in [2.24, 2.45) is 14.8 Å². The monoisotopic (exact) mass is 103 g/mol. The average Bonchev–Trinajstić information content (AvgIpc) is 1.61. The molecule has 0 amide bonds. The highest BCUT2D eigenvalue weighted by Gasteiger charge is 1.56. The first-order valence-electron chi connectivity index (χ1n) is 1.28. The van der Waals surface area contributed by atoms with Crippen molar-refractivity contribution < 1.29 is 0 Å². The van der Waals surface area contributed by atoms with Crippen LogP contribution in [-0.2, 0) is 0 Å². The van der Waals surface area contributed by atoms with Gasteiger partial charge in [-0.3, -0.25) is 5.14 Å². The van der Waals surface area contributed by atoms with E-state index in [9.17, 15) is 0 Å². The minimum atomic E-state index is 0.813. The van der Waals surface area contributed by atoms with Gasteiger partial charge in [-0.15, -0.1) is 0 Å². The molecule has 4 heteroatoms. The summed E-state index contributed by atoms with van der Waals surface area (Å²) in [5.41, 5.74) is 0. The Balaban J connectivity index is 2.94. The van der Waals surface area contributed by atoms with E-state index < -0.39 is 0 Å². The summed E-state index contributed by atoms with van der Waals surface area (Å²) in [5.74, 6) is 0. The van der Waals surface area contributed by atoms with E-state index in [4.69, 9.17) is 5.14 Å². The van der Waals surface area contributed by atoms with E-state index in [1.54, 1.807) is 0 Å². The lowest BCUT2D eigenvalue weighted by Gasteiger charge is -1.67. The van der Waals surface area contributed by atoms with E-state index >= 15 is 0 Å². The van der Waals surface area contributed by atoms with Gasteiger partial charge in [0.1, 0.15) is 0 Å². The first-order valence-corrected chi connectivity index (χ1v) is 2.12. The summed E-state index contributed by atoms with van der Waals surface area (Å²) in [4.78, 5) is 0. The third-order valence-corrected chi connectivity index (χ3v) is 0.364. The third-order valence-electron chi connectivity index (χ3n) is 0.176. The van der Waals surface area contributed by atoms with Gasteiger partial charge < -0.3 is 0 Å². The number of rotatable bonds is 2. The number of nitrogens with two attached hydrogens (primary N) is 1. The van der Waals surface area contributed by atoms with Crippen molar-refractivity contribution in [1.29, 1.82) is 0 Å². The summed E-state index contributed by atoms with van der Waals surface area (Å²) in [6, 6.07) is 0. The minimum Gasteiger partial charge on any atom is -0.256 e. The van der Waals surface area contributed by atoms with E-state index in [0.717, 1.165) is 12.1 Å². The standard InChI is InChI=1S/C2H5N3S/c1-2-4-5-6-3/h2H,1,3H2. The van der Waals surface area contributed by atoms with Crippen molar-refractivity contribution in [3.63, 3.8) is 0 Å². The number of hydrogen-bond donors (Lipinski definition) is 1. The van der Waals surface area contributed by atoms with Crippen LogP contribution in [0.15, 0.2) is 22.4 Å². The zero-order valence-corrected chi connectivity index (χ0v) is 3.98. The van der Waals surface area contributed by atoms with Gasteiger partial charge in [0.15, 0.2) is 0 Å². The molecule has 0 saturated heterocycles. The van der Waals surface area contributed by atoms with Gasteiger partial charge in [0.2, 0.25) is 0 Å². The molecule has 3 nitrogen and oxygen atoms in total. The second-order valence-corrected chi connectivity index (χ2v) is 0.859. The highest BCUT2D eigenvalue weighted by atomic mass is 32.2. The van der Waals surface area contributed by atoms with Gasteiger partial charge in [0, 0.05) is 6.20 Å². The van der Waals surface area contributed by atoms with Crippen molar-refractivity contribution in [1.82, 2.24) is 0 Å². The molecule has 0 atom stereocenters. The van der Waals surface area contributed by atoms with Crippen LogP contribution in [0.1, 0.15) is 0 Å². The molecule has 0 aliphatic rings. The van der Waals surface area contributed by atoms with Crippen LogP contribution in [0.4, 0.5) is 0 Å². The molecule has 0 radical (unpaired) electrons. The Morgan fingerprint density at radius 2 is 2.50 bits per heavy atom. The van der Waals surface area contributed by atoms with Gasteiger partial charge >= 0.3 is 0 Å². The summed E-state index contributed by atoms with van der Waals surface area (Å²) in [7, 11) is 0. The fourth-order valence-corrected chi connectivity index (χ4v) is 0.182. The summed E-state index contributed by atoms with van der Waals surface area (Å²) >= 11 is 0.813. The first-order chi connectivity index (χ1) is 2.91. The van der Waals surface area contributed by atoms with Gasteiger partial charge in [0.05, 0.1) is 12.1 Å². The number of hydrogen-bond acceptors (Lipinski definition) is 4. The summed E-state index contributed by atoms with van der Waals surface area (Å²) in [6.45, 7) is 3.27. The molecule has 0 fully saturated rings. The molecule has 34 valence electrons. The zero-order chi connectivity index (χ0) is 4.83. The zero-order valence-electron chi connectivity index (χ0n) is 3.16. The Kier molecular flexibility index (Phi) is 4.38. The van der Waals surface area contributed by atoms with Crippen LogP contribution in [0.25, 0.3) is 0 Å². The summed E-state index contributed by atoms with van der Waals surface area (Å²) in [5, 5.41) is 8.14. The van der Waals surface area contributed by atoms with E-state index in [1.807, 2.05) is 0 Å². The van der Waals surface area contributed by atoms with Gasteiger partial charge in [-0.2, -0.15) is 5.11 Å². The molecule has 6 heavy (non-hydrogen) atoms. The van der Waals surface area contributed by atoms with Crippen molar-refractivity contribution in [3.8, 4) is 0 Å². The predicted octanol–water partition coefficient (Wildman–Crippen LogP) is 1.10. The Morgan fingerprint density at radius 1 is 1.83 bits per heavy atom. The molecule has 0 aromatic rings. The van der Waals surface area contributed by atoms with E-state index in [0.29, 0.717) is 0 Å². The smallest absolute Gasteiger partial charge is 0.0796 e. The number of nitrogens with zero attached hydrogens (tertiary/aromatic N) is 2. The Labute approximate surface area is 40.6 Å². The summed E-state index contributed by atoms with van der Waals surface area (Å²) < 4.78 is 3.29. The Bertz CT molecular complexity index is 59.8. The molecule has 0 aliphatic carbocycles. The van der Waals surface area contributed by atoms with Gasteiger partial charge in [-0.05, 0) is 0 Å². The normalized spacial score (nSPS) is 9.50. The molecule has 0 aromatic carbocycles. The second-order valence-electron chi connectivity index (χ2n) is 0.485. The highest BCUT2D eigenvalue weighted by Crippen LogP contribution is 1.86. The maximum Gasteiger partial charge on any atom is 0.0796 e. The molecule has 0 bridgehead atoms. The van der Waals surface area contributed by atoms with Crippen LogP contribution < -0.4 is 5.14 Å². The lowest BCUT2D eigenvalue weighted by atomic mass is 11.1. The molecule has 0 unspecified atom stereocenters. The minimum absolute atomic E-state index is 0.813. The van der Waals surface area contributed by atoms with Gasteiger partial charge in [0.25, 0.3) is 0 Å². The lowest BCUT2D eigenvalue weighted by molar-refractivity contribution is 1.35. The van der Waals surface area contributed by atoms with Crippen LogP contribution in [-0.4, -0.2) is 0 Å². The fourth-order valence-electron chi connectivity index (χ4n) is 0.0605. The van der Waals surface area contributed by atoms with E-state index in [1.165, 1.54) is 6.20 Å². The van der Waals surface area contributed by atoms with Gasteiger partial charge in [-0.25, -0.2) is 0 Å². The Hall–Kier alpha value is -0.350. The van der Waals surface area contributed by atoms with Gasteiger partial charge in [-0.1, -0.05) is 11.1 Å². The molecule has 0 heterocycles. The topological polar surface area (TPSA) is 50.7 Å². The molecule has 0 aromatic heterocycles. The van der Waals surface area contributed by atoms with E-state index in [2.05, 4.69) is 16.2 Å². The maximum absolute atomic E-state index is 4.82. The average molecular weight is 103 g/mol. The van der Waals surface area contributed by atoms with Crippen molar-refractivity contribution in [2.45, 2.75) is 0 Å². The van der Waals surface area contributed by atoms with Crippen molar-refractivity contribution >= 4 is 12.1 Å². The first kappa shape index (κ1) is 5.65. The molecule has 0 rings (SSSR count). The highest BCUT2D eigenvalue weighted by molar-refractivity contribution is 7.95. The molecule has 0 spiro atoms. The second kappa shape index (κ2) is 4.65.